The van der Waals surface area contributed by atoms with Crippen LogP contribution in [-0.4, -0.2) is 20.9 Å². The number of carbonyl (C=O) groups is 1. The molecule has 0 saturated heterocycles. The standard InChI is InChI=1S/C22H12N2PS3.C5H8O2.Ir/c26-25-16-5-1-3-7-18(16)27-20-11-14(15-13-23-9-10-24-15)12-21(22(20)25)28-19-8-4-2-6-17(19)25;1-4(6)3-5(2)7;/h1-11,13H;3,6H,1-2H3;/q-1;;/b;4-3-;. The van der Waals surface area contributed by atoms with Crippen LogP contribution in [0.2, 0.25) is 0 Å². The van der Waals surface area contributed by atoms with Gasteiger partial charge in [0.1, 0.15) is 0 Å². The zero-order valence-corrected chi connectivity index (χ0v) is 25.0. The zero-order chi connectivity index (χ0) is 24.6. The fourth-order valence-corrected chi connectivity index (χ4v) is 13.2. The largest absolute Gasteiger partial charge is 0.512 e. The Morgan fingerprint density at radius 1 is 1.00 bits per heavy atom. The summed E-state index contributed by atoms with van der Waals surface area (Å²) >= 11 is 10.1. The van der Waals surface area contributed by atoms with Crippen LogP contribution < -0.4 is 15.9 Å². The molecule has 3 heterocycles. The summed E-state index contributed by atoms with van der Waals surface area (Å²) in [4.78, 5) is 23.6. The van der Waals surface area contributed by atoms with Crippen LogP contribution in [0.15, 0.2) is 105 Å². The molecule has 0 spiro atoms. The van der Waals surface area contributed by atoms with Gasteiger partial charge in [-0.2, -0.15) is 0 Å². The van der Waals surface area contributed by atoms with Gasteiger partial charge in [0.05, 0.1) is 5.76 Å². The molecule has 0 bridgehead atoms. The average molecular weight is 724 g/mol. The minimum atomic E-state index is -2.10. The quantitative estimate of drug-likeness (QED) is 0.107. The van der Waals surface area contributed by atoms with E-state index in [0.29, 0.717) is 0 Å². The number of fused-ring (bicyclic) bond motifs is 4. The number of carbonyl (C=O) groups excluding carboxylic acids is 1. The van der Waals surface area contributed by atoms with Gasteiger partial charge in [-0.05, 0) is 36.6 Å². The molecule has 0 aliphatic carbocycles. The molecule has 1 atom stereocenters. The number of aliphatic hydroxyl groups excluding tert-OH is 1. The molecule has 4 aromatic rings. The van der Waals surface area contributed by atoms with Gasteiger partial charge in [-0.3, -0.25) is 9.78 Å². The number of hydrogen-bond acceptors (Lipinski definition) is 7. The third-order valence-electron chi connectivity index (χ3n) is 5.38. The van der Waals surface area contributed by atoms with Crippen LogP contribution in [0.25, 0.3) is 11.3 Å². The van der Waals surface area contributed by atoms with Crippen molar-refractivity contribution < 1.29 is 30.0 Å². The first-order chi connectivity index (χ1) is 16.9. The minimum absolute atomic E-state index is 0. The van der Waals surface area contributed by atoms with E-state index in [0.717, 1.165) is 16.2 Å². The summed E-state index contributed by atoms with van der Waals surface area (Å²) in [6.45, 7) is 2.85. The van der Waals surface area contributed by atoms with Crippen LogP contribution >= 0.6 is 29.6 Å². The molecule has 3 aromatic carbocycles. The van der Waals surface area contributed by atoms with Crippen LogP contribution in [0, 0.1) is 6.07 Å². The molecule has 4 nitrogen and oxygen atoms in total. The van der Waals surface area contributed by atoms with E-state index < -0.39 is 6.04 Å². The maximum atomic E-state index is 10.0. The van der Waals surface area contributed by atoms with E-state index in [9.17, 15) is 4.79 Å². The van der Waals surface area contributed by atoms with Crippen LogP contribution in [-0.2, 0) is 36.7 Å². The normalized spacial score (nSPS) is 16.8. The molecule has 2 aliphatic rings. The van der Waals surface area contributed by atoms with Crippen molar-refractivity contribution in [2.75, 3.05) is 0 Å². The monoisotopic (exact) mass is 724 g/mol. The zero-order valence-electron chi connectivity index (χ0n) is 19.3. The number of nitrogens with zero attached hydrogens (tertiary/aromatic N) is 2. The van der Waals surface area contributed by atoms with Gasteiger partial charge in [-0.1, -0.05) is 63.3 Å². The summed E-state index contributed by atoms with van der Waals surface area (Å²) < 4.78 is 0. The number of aliphatic hydroxyl groups is 1. The molecular weight excluding hydrogens is 704 g/mol. The summed E-state index contributed by atoms with van der Waals surface area (Å²) in [5.74, 6) is -0.0625. The maximum absolute atomic E-state index is 10.0. The molecule has 6 rings (SSSR count). The summed E-state index contributed by atoms with van der Waals surface area (Å²) in [7, 11) is 0. The van der Waals surface area contributed by atoms with Crippen LogP contribution in [0.3, 0.4) is 0 Å². The molecule has 0 saturated carbocycles. The van der Waals surface area contributed by atoms with Gasteiger partial charge in [0.25, 0.3) is 0 Å². The SMILES string of the molecule is CC(=O)/C=C(/C)O.S=P12c3ccccc3Sc3[c-]c(-c4cnccn4)cc(c31)Sc1ccccc12.[Ir]. The fraction of sp³-hybridized carbons (Fsp3) is 0.0741. The maximum Gasteiger partial charge on any atom is 0.155 e. The molecule has 9 heteroatoms. The number of hydrogen-bond donors (Lipinski definition) is 1. The van der Waals surface area contributed by atoms with Crippen molar-refractivity contribution in [3.05, 3.63) is 91.1 Å². The molecular formula is C27H20IrN2O2PS3-. The number of ketones is 1. The molecule has 1 aromatic heterocycles. The number of aromatic nitrogens is 2. The van der Waals surface area contributed by atoms with E-state index in [1.165, 1.54) is 50.5 Å². The molecule has 0 fully saturated rings. The fourth-order valence-electron chi connectivity index (χ4n) is 4.06. The minimum Gasteiger partial charge on any atom is -0.512 e. The molecule has 183 valence electrons. The second kappa shape index (κ2) is 11.1. The van der Waals surface area contributed by atoms with Crippen molar-refractivity contribution in [1.29, 1.82) is 0 Å². The van der Waals surface area contributed by atoms with Gasteiger partial charge in [-0.25, -0.2) is 0 Å². The van der Waals surface area contributed by atoms with E-state index in [-0.39, 0.29) is 31.6 Å². The van der Waals surface area contributed by atoms with Gasteiger partial charge >= 0.3 is 0 Å². The Morgan fingerprint density at radius 3 is 2.19 bits per heavy atom. The second-order valence-electron chi connectivity index (χ2n) is 7.96. The molecule has 2 aliphatic heterocycles. The van der Waals surface area contributed by atoms with Gasteiger partial charge in [0, 0.05) is 66.3 Å². The van der Waals surface area contributed by atoms with Gasteiger partial charge in [0.15, 0.2) is 5.78 Å². The van der Waals surface area contributed by atoms with E-state index >= 15 is 0 Å². The predicted molar refractivity (Wildman–Crippen MR) is 148 cm³/mol. The Labute approximate surface area is 237 Å². The summed E-state index contributed by atoms with van der Waals surface area (Å²) in [6, 6.07) is 21.0. The average Bonchev–Trinajstić information content (AvgIpc) is 2.84. The van der Waals surface area contributed by atoms with Gasteiger partial charge in [-0.15, -0.1) is 41.2 Å². The second-order valence-corrected chi connectivity index (χ2v) is 14.4. The molecule has 1 N–H and O–H groups in total. The third-order valence-corrected chi connectivity index (χ3v) is 13.1. The molecule has 0 amide bonds. The first-order valence-electron chi connectivity index (χ1n) is 10.8. The molecule has 1 unspecified atom stereocenters. The number of rotatable bonds is 2. The third kappa shape index (κ3) is 5.04. The Hall–Kier alpha value is -2.05. The van der Waals surface area contributed by atoms with Gasteiger partial charge in [0.2, 0.25) is 0 Å². The number of allylic oxidation sites excluding steroid dienone is 2. The van der Waals surface area contributed by atoms with Crippen molar-refractivity contribution in [2.24, 2.45) is 0 Å². The first-order valence-corrected chi connectivity index (χ1v) is 15.2. The van der Waals surface area contributed by atoms with Crippen molar-refractivity contribution in [1.82, 2.24) is 9.97 Å². The summed E-state index contributed by atoms with van der Waals surface area (Å²) in [5.41, 5.74) is 1.82. The van der Waals surface area contributed by atoms with E-state index in [1.54, 1.807) is 30.4 Å². The van der Waals surface area contributed by atoms with Crippen molar-refractivity contribution >= 4 is 63.1 Å². The Morgan fingerprint density at radius 2 is 1.64 bits per heavy atom. The topological polar surface area (TPSA) is 63.1 Å². The van der Waals surface area contributed by atoms with Gasteiger partial charge < -0.3 is 10.1 Å². The Kier molecular flexibility index (Phi) is 8.35. The van der Waals surface area contributed by atoms with Crippen LogP contribution in [0.4, 0.5) is 0 Å². The van der Waals surface area contributed by atoms with Crippen molar-refractivity contribution in [2.45, 2.75) is 33.4 Å². The Bertz CT molecular complexity index is 1460. The number of benzene rings is 3. The summed E-state index contributed by atoms with van der Waals surface area (Å²) in [5, 5.41) is 12.3. The van der Waals surface area contributed by atoms with E-state index in [1.807, 2.05) is 11.8 Å². The first kappa shape index (κ1) is 27.0. The smallest absolute Gasteiger partial charge is 0.155 e. The molecule has 1 radical (unpaired) electrons. The van der Waals surface area contributed by atoms with E-state index in [2.05, 4.69) is 70.6 Å². The van der Waals surface area contributed by atoms with Crippen LogP contribution in [0.1, 0.15) is 13.8 Å². The Balaban J connectivity index is 0.000000338. The molecule has 36 heavy (non-hydrogen) atoms. The van der Waals surface area contributed by atoms with Crippen molar-refractivity contribution in [3.63, 3.8) is 0 Å². The van der Waals surface area contributed by atoms with Crippen LogP contribution in [0.5, 0.6) is 0 Å². The van der Waals surface area contributed by atoms with Crippen molar-refractivity contribution in [3.8, 4) is 11.3 Å². The predicted octanol–water partition coefficient (Wildman–Crippen LogP) is 5.66. The van der Waals surface area contributed by atoms with E-state index in [4.69, 9.17) is 16.9 Å². The summed E-state index contributed by atoms with van der Waals surface area (Å²) in [6.07, 6.45) is 6.38.